The van der Waals surface area contributed by atoms with Crippen LogP contribution in [0.15, 0.2) is 9.85 Å². The highest BCUT2D eigenvalue weighted by atomic mass is 79.9. The molecule has 1 aromatic heterocycles. The lowest BCUT2D eigenvalue weighted by Gasteiger charge is -2.25. The van der Waals surface area contributed by atoms with Crippen LogP contribution in [0.3, 0.4) is 0 Å². The quantitative estimate of drug-likeness (QED) is 0.785. The number of rotatable bonds is 4. The Kier molecular flexibility index (Phi) is 4.03. The smallest absolute Gasteiger partial charge is 0.348 e. The SMILES string of the molecule is CCOC(=O)c1sc(Br)cc1CC1CCC1. The number of thiophene rings is 1. The second-order valence-electron chi connectivity index (χ2n) is 4.13. The fourth-order valence-corrected chi connectivity index (χ4v) is 3.50. The van der Waals surface area contributed by atoms with Gasteiger partial charge in [-0.25, -0.2) is 4.79 Å². The van der Waals surface area contributed by atoms with Crippen molar-refractivity contribution in [2.75, 3.05) is 6.61 Å². The molecule has 0 N–H and O–H groups in total. The van der Waals surface area contributed by atoms with E-state index in [0.717, 1.165) is 26.6 Å². The largest absolute Gasteiger partial charge is 0.462 e. The Morgan fingerprint density at radius 1 is 1.62 bits per heavy atom. The Hall–Kier alpha value is -0.350. The van der Waals surface area contributed by atoms with Crippen molar-refractivity contribution >= 4 is 33.2 Å². The maximum atomic E-state index is 11.7. The van der Waals surface area contributed by atoms with E-state index < -0.39 is 0 Å². The molecule has 0 atom stereocenters. The number of carbonyl (C=O) groups excluding carboxylic acids is 1. The summed E-state index contributed by atoms with van der Waals surface area (Å²) in [5.41, 5.74) is 1.15. The Balaban J connectivity index is 2.12. The minimum atomic E-state index is -0.174. The van der Waals surface area contributed by atoms with Gasteiger partial charge in [-0.2, -0.15) is 0 Å². The van der Waals surface area contributed by atoms with Gasteiger partial charge in [0.2, 0.25) is 0 Å². The zero-order chi connectivity index (χ0) is 11.5. The maximum Gasteiger partial charge on any atom is 0.348 e. The predicted octanol–water partition coefficient (Wildman–Crippen LogP) is 4.03. The lowest BCUT2D eigenvalue weighted by Crippen LogP contribution is -2.15. The molecule has 0 unspecified atom stereocenters. The van der Waals surface area contributed by atoms with Gasteiger partial charge in [0.25, 0.3) is 0 Å². The third-order valence-corrected chi connectivity index (χ3v) is 4.63. The highest BCUT2D eigenvalue weighted by molar-refractivity contribution is 9.11. The molecule has 0 bridgehead atoms. The monoisotopic (exact) mass is 302 g/mol. The fraction of sp³-hybridized carbons (Fsp3) is 0.583. The Labute approximate surface area is 108 Å². The normalized spacial score (nSPS) is 15.9. The van der Waals surface area contributed by atoms with Gasteiger partial charge in [-0.05, 0) is 46.8 Å². The maximum absolute atomic E-state index is 11.7. The Bertz CT molecular complexity index is 382. The standard InChI is InChI=1S/C12H15BrO2S/c1-2-15-12(14)11-9(7-10(13)16-11)6-8-4-3-5-8/h7-8H,2-6H2,1H3. The molecule has 88 valence electrons. The van der Waals surface area contributed by atoms with Crippen LogP contribution in [0.4, 0.5) is 0 Å². The number of carbonyl (C=O) groups is 1. The molecule has 0 radical (unpaired) electrons. The average Bonchev–Trinajstić information content (AvgIpc) is 2.54. The van der Waals surface area contributed by atoms with E-state index in [-0.39, 0.29) is 5.97 Å². The average molecular weight is 303 g/mol. The molecule has 1 saturated carbocycles. The van der Waals surface area contributed by atoms with Gasteiger partial charge in [-0.1, -0.05) is 19.3 Å². The van der Waals surface area contributed by atoms with Crippen molar-refractivity contribution in [3.8, 4) is 0 Å². The molecule has 2 rings (SSSR count). The Morgan fingerprint density at radius 2 is 2.38 bits per heavy atom. The van der Waals surface area contributed by atoms with Gasteiger partial charge < -0.3 is 4.74 Å². The van der Waals surface area contributed by atoms with E-state index in [1.165, 1.54) is 30.6 Å². The van der Waals surface area contributed by atoms with Crippen LogP contribution in [0.2, 0.25) is 0 Å². The predicted molar refractivity (Wildman–Crippen MR) is 69.0 cm³/mol. The number of hydrogen-bond donors (Lipinski definition) is 0. The van der Waals surface area contributed by atoms with Crippen molar-refractivity contribution < 1.29 is 9.53 Å². The van der Waals surface area contributed by atoms with Crippen LogP contribution < -0.4 is 0 Å². The van der Waals surface area contributed by atoms with Gasteiger partial charge in [-0.3, -0.25) is 0 Å². The van der Waals surface area contributed by atoms with E-state index in [2.05, 4.69) is 22.0 Å². The third-order valence-electron chi connectivity index (χ3n) is 2.97. The van der Waals surface area contributed by atoms with Crippen LogP contribution >= 0.6 is 27.3 Å². The van der Waals surface area contributed by atoms with Crippen LogP contribution in [-0.4, -0.2) is 12.6 Å². The molecule has 1 aliphatic rings. The van der Waals surface area contributed by atoms with Crippen molar-refractivity contribution in [2.45, 2.75) is 32.6 Å². The molecule has 0 amide bonds. The van der Waals surface area contributed by atoms with Crippen LogP contribution in [0, 0.1) is 5.92 Å². The first-order valence-corrected chi connectivity index (χ1v) is 7.27. The molecule has 0 aliphatic heterocycles. The number of halogens is 1. The number of ether oxygens (including phenoxy) is 1. The topological polar surface area (TPSA) is 26.3 Å². The molecule has 1 heterocycles. The molecule has 0 aromatic carbocycles. The minimum absolute atomic E-state index is 0.174. The molecular formula is C12H15BrO2S. The molecule has 0 spiro atoms. The summed E-state index contributed by atoms with van der Waals surface area (Å²) in [6, 6.07) is 2.06. The van der Waals surface area contributed by atoms with Gasteiger partial charge in [0.15, 0.2) is 0 Å². The summed E-state index contributed by atoms with van der Waals surface area (Å²) in [6.45, 7) is 2.28. The summed E-state index contributed by atoms with van der Waals surface area (Å²) in [4.78, 5) is 12.5. The summed E-state index contributed by atoms with van der Waals surface area (Å²) in [5, 5.41) is 0. The number of esters is 1. The third kappa shape index (κ3) is 2.66. The summed E-state index contributed by atoms with van der Waals surface area (Å²) in [7, 11) is 0. The van der Waals surface area contributed by atoms with E-state index in [4.69, 9.17) is 4.74 Å². The van der Waals surface area contributed by atoms with E-state index in [9.17, 15) is 4.79 Å². The van der Waals surface area contributed by atoms with Crippen molar-refractivity contribution in [3.05, 3.63) is 20.3 Å². The molecule has 1 aromatic rings. The van der Waals surface area contributed by atoms with Gasteiger partial charge in [0.1, 0.15) is 4.88 Å². The first kappa shape index (κ1) is 12.1. The van der Waals surface area contributed by atoms with E-state index in [1.807, 2.05) is 6.92 Å². The van der Waals surface area contributed by atoms with Crippen LogP contribution in [0.5, 0.6) is 0 Å². The molecule has 2 nitrogen and oxygen atoms in total. The zero-order valence-corrected chi connectivity index (χ0v) is 11.7. The van der Waals surface area contributed by atoms with Crippen molar-refractivity contribution in [1.82, 2.24) is 0 Å². The molecule has 0 saturated heterocycles. The second kappa shape index (κ2) is 5.32. The number of hydrogen-bond acceptors (Lipinski definition) is 3. The van der Waals surface area contributed by atoms with E-state index >= 15 is 0 Å². The van der Waals surface area contributed by atoms with Gasteiger partial charge >= 0.3 is 5.97 Å². The summed E-state index contributed by atoms with van der Waals surface area (Å²) < 4.78 is 6.08. The van der Waals surface area contributed by atoms with Gasteiger partial charge in [0.05, 0.1) is 10.4 Å². The first-order valence-electron chi connectivity index (χ1n) is 5.66. The van der Waals surface area contributed by atoms with Crippen molar-refractivity contribution in [3.63, 3.8) is 0 Å². The van der Waals surface area contributed by atoms with E-state index in [0.29, 0.717) is 6.61 Å². The lowest BCUT2D eigenvalue weighted by molar-refractivity contribution is 0.0530. The zero-order valence-electron chi connectivity index (χ0n) is 9.29. The summed E-state index contributed by atoms with van der Waals surface area (Å²) in [6.07, 6.45) is 4.96. The van der Waals surface area contributed by atoms with Crippen LogP contribution in [-0.2, 0) is 11.2 Å². The second-order valence-corrected chi connectivity index (χ2v) is 6.56. The summed E-state index contributed by atoms with van der Waals surface area (Å²) >= 11 is 4.92. The van der Waals surface area contributed by atoms with E-state index in [1.54, 1.807) is 0 Å². The summed E-state index contributed by atoms with van der Waals surface area (Å²) in [5.74, 6) is 0.599. The van der Waals surface area contributed by atoms with Crippen LogP contribution in [0.25, 0.3) is 0 Å². The molecule has 4 heteroatoms. The lowest BCUT2D eigenvalue weighted by atomic mass is 9.81. The van der Waals surface area contributed by atoms with Crippen LogP contribution in [0.1, 0.15) is 41.4 Å². The van der Waals surface area contributed by atoms with Crippen molar-refractivity contribution in [2.24, 2.45) is 5.92 Å². The molecule has 16 heavy (non-hydrogen) atoms. The highest BCUT2D eigenvalue weighted by Gasteiger charge is 2.23. The first-order chi connectivity index (χ1) is 7.70. The molecule has 1 fully saturated rings. The van der Waals surface area contributed by atoms with Gasteiger partial charge in [-0.15, -0.1) is 11.3 Å². The Morgan fingerprint density at radius 3 is 2.94 bits per heavy atom. The minimum Gasteiger partial charge on any atom is -0.462 e. The molecule has 1 aliphatic carbocycles. The van der Waals surface area contributed by atoms with Crippen molar-refractivity contribution in [1.29, 1.82) is 0 Å². The highest BCUT2D eigenvalue weighted by Crippen LogP contribution is 2.35. The molecular weight excluding hydrogens is 288 g/mol. The fourth-order valence-electron chi connectivity index (χ4n) is 1.92. The van der Waals surface area contributed by atoms with Gasteiger partial charge in [0, 0.05) is 0 Å².